The fourth-order valence-corrected chi connectivity index (χ4v) is 6.03. The second-order valence-electron chi connectivity index (χ2n) is 9.26. The molecule has 6 heteroatoms. The van der Waals surface area contributed by atoms with Crippen LogP contribution in [0.3, 0.4) is 0 Å². The van der Waals surface area contributed by atoms with Gasteiger partial charge < -0.3 is 19.9 Å². The third-order valence-electron chi connectivity index (χ3n) is 7.51. The molecule has 2 aromatic rings. The summed E-state index contributed by atoms with van der Waals surface area (Å²) < 4.78 is 6.25. The number of likely N-dealkylation sites (tertiary alicyclic amines) is 1. The summed E-state index contributed by atoms with van der Waals surface area (Å²) in [5, 5.41) is 4.40. The molecule has 1 aliphatic carbocycles. The predicted molar refractivity (Wildman–Crippen MR) is 113 cm³/mol. The average Bonchev–Trinajstić information content (AvgIpc) is 3.55. The molecule has 2 saturated heterocycles. The molecule has 1 spiro atoms. The van der Waals surface area contributed by atoms with Gasteiger partial charge in [0.2, 0.25) is 11.8 Å². The first-order valence-corrected chi connectivity index (χ1v) is 11.2. The third-order valence-corrected chi connectivity index (χ3v) is 7.51. The number of fused-ring (bicyclic) bond motifs is 2. The summed E-state index contributed by atoms with van der Waals surface area (Å²) in [5.41, 5.74) is 1.70. The Kier molecular flexibility index (Phi) is 4.07. The molecule has 6 nitrogen and oxygen atoms in total. The molecule has 4 atom stereocenters. The molecule has 156 valence electrons. The summed E-state index contributed by atoms with van der Waals surface area (Å²) in [6, 6.07) is 8.48. The van der Waals surface area contributed by atoms with Crippen LogP contribution in [0.15, 0.2) is 42.6 Å². The van der Waals surface area contributed by atoms with E-state index in [0.717, 1.165) is 24.8 Å². The van der Waals surface area contributed by atoms with Crippen LogP contribution in [0.2, 0.25) is 0 Å². The SMILES string of the molecule is O=C(NC1CCCC1)[C@@H]1[C@H]2C=C[C@@]3(CN(CCc4c[nH]c5ccccc45)C(=O)[C@@H]13)O2. The number of nitrogens with zero attached hydrogens (tertiary/aromatic N) is 1. The smallest absolute Gasteiger partial charge is 0.230 e. The van der Waals surface area contributed by atoms with Crippen LogP contribution in [0.25, 0.3) is 10.9 Å². The minimum atomic E-state index is -0.625. The molecule has 3 aliphatic heterocycles. The lowest BCUT2D eigenvalue weighted by molar-refractivity contribution is -0.137. The van der Waals surface area contributed by atoms with Gasteiger partial charge >= 0.3 is 0 Å². The van der Waals surface area contributed by atoms with Crippen LogP contribution in [-0.4, -0.2) is 52.5 Å². The maximum atomic E-state index is 13.4. The molecular formula is C24H27N3O3. The van der Waals surface area contributed by atoms with Crippen LogP contribution in [-0.2, 0) is 20.7 Å². The number of hydrogen-bond donors (Lipinski definition) is 2. The van der Waals surface area contributed by atoms with Gasteiger partial charge in [0, 0.05) is 29.7 Å². The van der Waals surface area contributed by atoms with Crippen LogP contribution < -0.4 is 5.32 Å². The number of nitrogens with one attached hydrogen (secondary N) is 2. The van der Waals surface area contributed by atoms with Crippen molar-refractivity contribution in [1.29, 1.82) is 0 Å². The normalized spacial score (nSPS) is 32.5. The van der Waals surface area contributed by atoms with Gasteiger partial charge in [-0.15, -0.1) is 0 Å². The van der Waals surface area contributed by atoms with E-state index < -0.39 is 17.4 Å². The highest BCUT2D eigenvalue weighted by Crippen LogP contribution is 2.52. The molecule has 6 rings (SSSR count). The molecule has 4 heterocycles. The van der Waals surface area contributed by atoms with E-state index in [-0.39, 0.29) is 24.0 Å². The van der Waals surface area contributed by atoms with E-state index in [1.54, 1.807) is 0 Å². The van der Waals surface area contributed by atoms with Crippen molar-refractivity contribution in [3.63, 3.8) is 0 Å². The zero-order valence-corrected chi connectivity index (χ0v) is 17.0. The van der Waals surface area contributed by atoms with E-state index in [0.29, 0.717) is 13.1 Å². The van der Waals surface area contributed by atoms with E-state index in [1.165, 1.54) is 23.8 Å². The fraction of sp³-hybridized carbons (Fsp3) is 0.500. The lowest BCUT2D eigenvalue weighted by Gasteiger charge is -2.25. The zero-order chi connectivity index (χ0) is 20.3. The molecule has 2 bridgehead atoms. The Hall–Kier alpha value is -2.60. The Bertz CT molecular complexity index is 1040. The van der Waals surface area contributed by atoms with Crippen molar-refractivity contribution >= 4 is 22.7 Å². The second-order valence-corrected chi connectivity index (χ2v) is 9.26. The van der Waals surface area contributed by atoms with Gasteiger partial charge in [-0.2, -0.15) is 0 Å². The van der Waals surface area contributed by atoms with E-state index in [9.17, 15) is 9.59 Å². The largest absolute Gasteiger partial charge is 0.361 e. The molecule has 1 aromatic heterocycles. The molecule has 30 heavy (non-hydrogen) atoms. The van der Waals surface area contributed by atoms with E-state index in [1.807, 2.05) is 35.4 Å². The third kappa shape index (κ3) is 2.66. The average molecular weight is 405 g/mol. The molecule has 2 amide bonds. The molecule has 1 saturated carbocycles. The molecule has 4 aliphatic rings. The maximum absolute atomic E-state index is 13.4. The molecule has 0 unspecified atom stereocenters. The lowest BCUT2D eigenvalue weighted by atomic mass is 9.76. The zero-order valence-electron chi connectivity index (χ0n) is 17.0. The number of H-pyrrole nitrogens is 1. The summed E-state index contributed by atoms with van der Waals surface area (Å²) in [4.78, 5) is 31.6. The number of carbonyl (C=O) groups excluding carboxylic acids is 2. The van der Waals surface area contributed by atoms with Crippen molar-refractivity contribution < 1.29 is 14.3 Å². The van der Waals surface area contributed by atoms with Gasteiger partial charge in [-0.05, 0) is 30.9 Å². The number of hydrogen-bond acceptors (Lipinski definition) is 3. The van der Waals surface area contributed by atoms with Gasteiger partial charge in [-0.3, -0.25) is 9.59 Å². The maximum Gasteiger partial charge on any atom is 0.230 e. The Balaban J connectivity index is 1.19. The number of aromatic amines is 1. The van der Waals surface area contributed by atoms with Gasteiger partial charge in [0.15, 0.2) is 0 Å². The number of ether oxygens (including phenoxy) is 1. The quantitative estimate of drug-likeness (QED) is 0.751. The van der Waals surface area contributed by atoms with Crippen molar-refractivity contribution in [2.75, 3.05) is 13.1 Å². The Labute approximate surface area is 175 Å². The van der Waals surface area contributed by atoms with Gasteiger partial charge in [0.25, 0.3) is 0 Å². The minimum Gasteiger partial charge on any atom is -0.361 e. The number of benzene rings is 1. The van der Waals surface area contributed by atoms with Gasteiger partial charge in [-0.1, -0.05) is 43.2 Å². The Morgan fingerprint density at radius 3 is 2.97 bits per heavy atom. The molecule has 3 fully saturated rings. The predicted octanol–water partition coefficient (Wildman–Crippen LogP) is 2.55. The summed E-state index contributed by atoms with van der Waals surface area (Å²) in [5.74, 6) is -0.735. The van der Waals surface area contributed by atoms with Crippen molar-refractivity contribution in [1.82, 2.24) is 15.2 Å². The van der Waals surface area contributed by atoms with E-state index >= 15 is 0 Å². The topological polar surface area (TPSA) is 74.4 Å². The van der Waals surface area contributed by atoms with Crippen LogP contribution in [0.5, 0.6) is 0 Å². The van der Waals surface area contributed by atoms with Crippen molar-refractivity contribution in [3.05, 3.63) is 48.2 Å². The lowest BCUT2D eigenvalue weighted by Crippen LogP contribution is -2.46. The van der Waals surface area contributed by atoms with Gasteiger partial charge in [0.05, 0.1) is 24.5 Å². The Morgan fingerprint density at radius 1 is 1.27 bits per heavy atom. The fourth-order valence-electron chi connectivity index (χ4n) is 6.03. The molecular weight excluding hydrogens is 378 g/mol. The number of aromatic nitrogens is 1. The standard InChI is InChI=1S/C24H27N3O3/c28-22(26-16-5-1-2-6-16)20-19-9-11-24(30-19)14-27(23(29)21(20)24)12-10-15-13-25-18-8-4-3-7-17(15)18/h3-4,7-9,11,13,16,19-21,25H,1-2,5-6,10,12,14H2,(H,26,28)/t19-,20-,21-,24+/m1/s1. The van der Waals surface area contributed by atoms with E-state index in [4.69, 9.17) is 4.74 Å². The first-order valence-electron chi connectivity index (χ1n) is 11.2. The van der Waals surface area contributed by atoms with Gasteiger partial charge in [-0.25, -0.2) is 0 Å². The van der Waals surface area contributed by atoms with Crippen LogP contribution in [0.4, 0.5) is 0 Å². The first kappa shape index (κ1) is 18.2. The van der Waals surface area contributed by atoms with Gasteiger partial charge in [0.1, 0.15) is 5.60 Å². The highest BCUT2D eigenvalue weighted by molar-refractivity contribution is 5.93. The number of rotatable bonds is 5. The second kappa shape index (κ2) is 6.71. The highest BCUT2D eigenvalue weighted by Gasteiger charge is 2.66. The van der Waals surface area contributed by atoms with Crippen LogP contribution >= 0.6 is 0 Å². The van der Waals surface area contributed by atoms with Crippen molar-refractivity contribution in [2.45, 2.75) is 49.9 Å². The minimum absolute atomic E-state index is 0.00467. The van der Waals surface area contributed by atoms with Crippen molar-refractivity contribution in [2.24, 2.45) is 11.8 Å². The van der Waals surface area contributed by atoms with Crippen molar-refractivity contribution in [3.8, 4) is 0 Å². The Morgan fingerprint density at radius 2 is 2.10 bits per heavy atom. The molecule has 2 N–H and O–H groups in total. The molecule has 1 aromatic carbocycles. The number of amides is 2. The summed E-state index contributed by atoms with van der Waals surface area (Å²) in [6.45, 7) is 1.18. The summed E-state index contributed by atoms with van der Waals surface area (Å²) in [7, 11) is 0. The van der Waals surface area contributed by atoms with E-state index in [2.05, 4.69) is 22.4 Å². The molecule has 0 radical (unpaired) electrons. The highest BCUT2D eigenvalue weighted by atomic mass is 16.5. The van der Waals surface area contributed by atoms with Crippen LogP contribution in [0.1, 0.15) is 31.2 Å². The first-order chi connectivity index (χ1) is 14.6. The number of para-hydroxylation sites is 1. The number of carbonyl (C=O) groups is 2. The van der Waals surface area contributed by atoms with Crippen LogP contribution in [0, 0.1) is 11.8 Å². The monoisotopic (exact) mass is 405 g/mol. The summed E-state index contributed by atoms with van der Waals surface area (Å²) in [6.07, 6.45) is 11.0. The summed E-state index contributed by atoms with van der Waals surface area (Å²) >= 11 is 0.